The Morgan fingerprint density at radius 3 is 2.85 bits per heavy atom. The highest BCUT2D eigenvalue weighted by Crippen LogP contribution is 2.29. The van der Waals surface area contributed by atoms with Crippen molar-refractivity contribution in [3.05, 3.63) is 29.8 Å². The van der Waals surface area contributed by atoms with Crippen LogP contribution < -0.4 is 10.5 Å². The van der Waals surface area contributed by atoms with Crippen molar-refractivity contribution in [3.63, 3.8) is 0 Å². The largest absolute Gasteiger partial charge is 0.492 e. The van der Waals surface area contributed by atoms with Gasteiger partial charge in [0.15, 0.2) is 0 Å². The van der Waals surface area contributed by atoms with Gasteiger partial charge in [0.1, 0.15) is 12.4 Å². The molecule has 20 heavy (non-hydrogen) atoms. The smallest absolute Gasteiger partial charge is 0.123 e. The highest BCUT2D eigenvalue weighted by Gasteiger charge is 2.31. The van der Waals surface area contributed by atoms with E-state index in [9.17, 15) is 0 Å². The first-order valence-corrected chi connectivity index (χ1v) is 7.85. The molecular formula is C17H28N2O. The molecule has 112 valence electrons. The van der Waals surface area contributed by atoms with Gasteiger partial charge in [-0.1, -0.05) is 44.4 Å². The summed E-state index contributed by atoms with van der Waals surface area (Å²) in [5.41, 5.74) is 7.47. The van der Waals surface area contributed by atoms with Gasteiger partial charge in [0, 0.05) is 30.7 Å². The second-order valence-corrected chi connectivity index (χ2v) is 6.04. The molecule has 0 saturated heterocycles. The maximum atomic E-state index is 6.11. The number of unbranched alkanes of at least 4 members (excludes halogenated alkanes) is 2. The van der Waals surface area contributed by atoms with E-state index >= 15 is 0 Å². The van der Waals surface area contributed by atoms with Gasteiger partial charge in [-0.2, -0.15) is 0 Å². The Hall–Kier alpha value is -1.06. The van der Waals surface area contributed by atoms with Crippen LogP contribution in [-0.4, -0.2) is 30.1 Å². The van der Waals surface area contributed by atoms with Gasteiger partial charge >= 0.3 is 0 Å². The zero-order chi connectivity index (χ0) is 14.4. The van der Waals surface area contributed by atoms with Gasteiger partial charge in [0.2, 0.25) is 0 Å². The van der Waals surface area contributed by atoms with E-state index < -0.39 is 0 Å². The number of hydrogen-bond donors (Lipinski definition) is 1. The Labute approximate surface area is 123 Å². The van der Waals surface area contributed by atoms with Crippen LogP contribution in [0.5, 0.6) is 5.75 Å². The molecule has 1 aliphatic rings. The van der Waals surface area contributed by atoms with Gasteiger partial charge in [-0.25, -0.2) is 0 Å². The van der Waals surface area contributed by atoms with Gasteiger partial charge in [0.05, 0.1) is 0 Å². The van der Waals surface area contributed by atoms with Crippen molar-refractivity contribution in [2.75, 3.05) is 19.7 Å². The summed E-state index contributed by atoms with van der Waals surface area (Å²) in [5, 5.41) is 0. The Balaban J connectivity index is 2.10. The van der Waals surface area contributed by atoms with Crippen molar-refractivity contribution < 1.29 is 4.74 Å². The van der Waals surface area contributed by atoms with Gasteiger partial charge in [0.25, 0.3) is 0 Å². The maximum Gasteiger partial charge on any atom is 0.123 e. The topological polar surface area (TPSA) is 38.5 Å². The van der Waals surface area contributed by atoms with Gasteiger partial charge in [-0.05, 0) is 19.4 Å². The summed E-state index contributed by atoms with van der Waals surface area (Å²) in [7, 11) is 0. The minimum atomic E-state index is 0.0793. The highest BCUT2D eigenvalue weighted by atomic mass is 16.5. The summed E-state index contributed by atoms with van der Waals surface area (Å²) in [6.45, 7) is 7.90. The standard InChI is InChI=1S/C17H28N2O/c1-3-4-7-10-17(2,14-18)19-11-12-20-16-9-6-5-8-15(16)13-19/h5-6,8-9H,3-4,7,10-14,18H2,1-2H3. The number of ether oxygens (including phenoxy) is 1. The predicted molar refractivity (Wildman–Crippen MR) is 83.9 cm³/mol. The van der Waals surface area contributed by atoms with Crippen LogP contribution in [0.2, 0.25) is 0 Å². The van der Waals surface area contributed by atoms with Crippen molar-refractivity contribution in [1.29, 1.82) is 0 Å². The molecule has 1 aromatic rings. The lowest BCUT2D eigenvalue weighted by molar-refractivity contribution is 0.0831. The molecule has 1 aliphatic heterocycles. The second kappa shape index (κ2) is 7.09. The molecular weight excluding hydrogens is 248 g/mol. The Kier molecular flexibility index (Phi) is 5.44. The van der Waals surface area contributed by atoms with E-state index in [1.54, 1.807) is 0 Å². The van der Waals surface area contributed by atoms with Crippen molar-refractivity contribution in [3.8, 4) is 5.75 Å². The van der Waals surface area contributed by atoms with Crippen LogP contribution in [-0.2, 0) is 6.54 Å². The summed E-state index contributed by atoms with van der Waals surface area (Å²) >= 11 is 0. The fraction of sp³-hybridized carbons (Fsp3) is 0.647. The van der Waals surface area contributed by atoms with Crippen molar-refractivity contribution >= 4 is 0 Å². The summed E-state index contributed by atoms with van der Waals surface area (Å²) in [6, 6.07) is 8.35. The molecule has 0 bridgehead atoms. The number of fused-ring (bicyclic) bond motifs is 1. The number of para-hydroxylation sites is 1. The van der Waals surface area contributed by atoms with E-state index in [4.69, 9.17) is 10.5 Å². The highest BCUT2D eigenvalue weighted by molar-refractivity contribution is 5.34. The molecule has 0 fully saturated rings. The number of nitrogens with zero attached hydrogens (tertiary/aromatic N) is 1. The minimum Gasteiger partial charge on any atom is -0.492 e. The van der Waals surface area contributed by atoms with Crippen LogP contribution >= 0.6 is 0 Å². The zero-order valence-corrected chi connectivity index (χ0v) is 12.9. The predicted octanol–water partition coefficient (Wildman–Crippen LogP) is 3.18. The molecule has 0 aliphatic carbocycles. The normalized spacial score (nSPS) is 18.8. The van der Waals surface area contributed by atoms with Crippen LogP contribution in [0.15, 0.2) is 24.3 Å². The third-order valence-corrected chi connectivity index (χ3v) is 4.47. The zero-order valence-electron chi connectivity index (χ0n) is 12.9. The van der Waals surface area contributed by atoms with Crippen molar-refractivity contribution in [2.45, 2.75) is 51.6 Å². The molecule has 0 radical (unpaired) electrons. The molecule has 0 saturated carbocycles. The third-order valence-electron chi connectivity index (χ3n) is 4.47. The summed E-state index contributed by atoms with van der Waals surface area (Å²) in [5.74, 6) is 1.03. The number of hydrogen-bond acceptors (Lipinski definition) is 3. The first kappa shape index (κ1) is 15.3. The maximum absolute atomic E-state index is 6.11. The lowest BCUT2D eigenvalue weighted by Gasteiger charge is -2.40. The molecule has 0 aromatic heterocycles. The summed E-state index contributed by atoms with van der Waals surface area (Å²) in [4.78, 5) is 2.51. The SMILES string of the molecule is CCCCCC(C)(CN)N1CCOc2ccccc2C1. The van der Waals surface area contributed by atoms with Gasteiger partial charge in [-0.3, -0.25) is 4.90 Å². The van der Waals surface area contributed by atoms with Crippen LogP contribution in [0.3, 0.4) is 0 Å². The summed E-state index contributed by atoms with van der Waals surface area (Å²) in [6.07, 6.45) is 4.96. The fourth-order valence-corrected chi connectivity index (χ4v) is 2.93. The van der Waals surface area contributed by atoms with Gasteiger partial charge < -0.3 is 10.5 Å². The molecule has 0 amide bonds. The Morgan fingerprint density at radius 2 is 2.10 bits per heavy atom. The van der Waals surface area contributed by atoms with Crippen LogP contribution in [0.25, 0.3) is 0 Å². The first-order valence-electron chi connectivity index (χ1n) is 7.85. The molecule has 1 aromatic carbocycles. The first-order chi connectivity index (χ1) is 9.69. The van der Waals surface area contributed by atoms with E-state index in [0.717, 1.165) is 25.4 Å². The molecule has 2 N–H and O–H groups in total. The number of benzene rings is 1. The minimum absolute atomic E-state index is 0.0793. The van der Waals surface area contributed by atoms with Crippen molar-refractivity contribution in [1.82, 2.24) is 4.90 Å². The number of nitrogens with two attached hydrogens (primary N) is 1. The Bertz CT molecular complexity index is 421. The second-order valence-electron chi connectivity index (χ2n) is 6.04. The third kappa shape index (κ3) is 3.53. The van der Waals surface area contributed by atoms with Gasteiger partial charge in [-0.15, -0.1) is 0 Å². The van der Waals surface area contributed by atoms with Crippen LogP contribution in [0.4, 0.5) is 0 Å². The molecule has 2 rings (SSSR count). The van der Waals surface area contributed by atoms with Crippen molar-refractivity contribution in [2.24, 2.45) is 5.73 Å². The molecule has 1 unspecified atom stereocenters. The Morgan fingerprint density at radius 1 is 1.30 bits per heavy atom. The lowest BCUT2D eigenvalue weighted by atomic mass is 9.91. The average molecular weight is 276 g/mol. The molecule has 3 nitrogen and oxygen atoms in total. The van der Waals surface area contributed by atoms with E-state index in [0.29, 0.717) is 6.54 Å². The van der Waals surface area contributed by atoms with Crippen LogP contribution in [0, 0.1) is 0 Å². The summed E-state index contributed by atoms with van der Waals surface area (Å²) < 4.78 is 5.86. The fourth-order valence-electron chi connectivity index (χ4n) is 2.93. The lowest BCUT2D eigenvalue weighted by Crippen LogP contribution is -2.52. The molecule has 0 spiro atoms. The quantitative estimate of drug-likeness (QED) is 0.811. The molecule has 1 heterocycles. The molecule has 3 heteroatoms. The number of rotatable bonds is 6. The van der Waals surface area contributed by atoms with E-state index in [-0.39, 0.29) is 5.54 Å². The van der Waals surface area contributed by atoms with Crippen LogP contribution in [0.1, 0.15) is 45.1 Å². The monoisotopic (exact) mass is 276 g/mol. The van der Waals surface area contributed by atoms with E-state index in [1.807, 2.05) is 6.07 Å². The molecule has 1 atom stereocenters. The van der Waals surface area contributed by atoms with E-state index in [2.05, 4.69) is 36.9 Å². The van der Waals surface area contributed by atoms with E-state index in [1.165, 1.54) is 31.2 Å². The average Bonchev–Trinajstić information content (AvgIpc) is 2.70.